The van der Waals surface area contributed by atoms with Crippen LogP contribution in [0.25, 0.3) is 0 Å². The molecule has 100 valence electrons. The normalized spacial score (nSPS) is 10.3. The zero-order valence-corrected chi connectivity index (χ0v) is 11.6. The average Bonchev–Trinajstić information content (AvgIpc) is 2.39. The zero-order valence-electron chi connectivity index (χ0n) is 10.8. The van der Waals surface area contributed by atoms with Gasteiger partial charge in [0.25, 0.3) is 0 Å². The largest absolute Gasteiger partial charge is 0.389 e. The van der Waals surface area contributed by atoms with Crippen LogP contribution in [0.4, 0.5) is 5.69 Å². The van der Waals surface area contributed by atoms with Crippen LogP contribution in [0.2, 0.25) is 0 Å². The summed E-state index contributed by atoms with van der Waals surface area (Å²) in [5, 5.41) is 0. The highest BCUT2D eigenvalue weighted by atomic mass is 32.1. The molecule has 0 unspecified atom stereocenters. The lowest BCUT2D eigenvalue weighted by molar-refractivity contribution is 0.190. The van der Waals surface area contributed by atoms with E-state index in [0.29, 0.717) is 18.2 Å². The van der Waals surface area contributed by atoms with Gasteiger partial charge in [0.05, 0.1) is 25.1 Å². The molecule has 0 aliphatic rings. The molecule has 0 atom stereocenters. The van der Waals surface area contributed by atoms with Gasteiger partial charge in [-0.25, -0.2) is 0 Å². The summed E-state index contributed by atoms with van der Waals surface area (Å²) in [6.07, 6.45) is 3.45. The molecule has 1 aromatic rings. The fraction of sp³-hybridized carbons (Fsp3) is 0.500. The van der Waals surface area contributed by atoms with Crippen molar-refractivity contribution in [2.75, 3.05) is 45.4 Å². The number of rotatable bonds is 8. The lowest BCUT2D eigenvalue weighted by Crippen LogP contribution is -2.32. The number of pyridine rings is 1. The maximum Gasteiger partial charge on any atom is 0.106 e. The van der Waals surface area contributed by atoms with Crippen LogP contribution >= 0.6 is 12.2 Å². The van der Waals surface area contributed by atoms with Gasteiger partial charge in [-0.15, -0.1) is 0 Å². The fourth-order valence-corrected chi connectivity index (χ4v) is 1.77. The number of nitrogens with two attached hydrogens (primary N) is 1. The molecule has 0 aromatic carbocycles. The number of hydrogen-bond donors (Lipinski definition) is 1. The third-order valence-electron chi connectivity index (χ3n) is 2.54. The van der Waals surface area contributed by atoms with Crippen LogP contribution in [-0.4, -0.2) is 50.5 Å². The van der Waals surface area contributed by atoms with E-state index in [1.165, 1.54) is 0 Å². The van der Waals surface area contributed by atoms with E-state index >= 15 is 0 Å². The van der Waals surface area contributed by atoms with E-state index in [-0.39, 0.29) is 0 Å². The average molecular weight is 269 g/mol. The summed E-state index contributed by atoms with van der Waals surface area (Å²) in [6, 6.07) is 1.82. The lowest BCUT2D eigenvalue weighted by atomic mass is 10.2. The van der Waals surface area contributed by atoms with Crippen molar-refractivity contribution in [3.05, 3.63) is 24.0 Å². The van der Waals surface area contributed by atoms with E-state index in [1.807, 2.05) is 6.07 Å². The minimum atomic E-state index is 0.368. The van der Waals surface area contributed by atoms with Gasteiger partial charge >= 0.3 is 0 Å². The molecule has 1 rings (SSSR count). The Morgan fingerprint density at radius 2 is 1.94 bits per heavy atom. The van der Waals surface area contributed by atoms with Crippen LogP contribution in [0, 0.1) is 0 Å². The first kappa shape index (κ1) is 14.8. The zero-order chi connectivity index (χ0) is 13.4. The standard InChI is InChI=1S/C12H19N3O2S/c1-16-7-5-15(6-8-17-2)11-9-14-4-3-10(11)12(13)18/h3-4,9H,5-8H2,1-2H3,(H2,13,18). The minimum Gasteiger partial charge on any atom is -0.389 e. The van der Waals surface area contributed by atoms with Gasteiger partial charge in [-0.3, -0.25) is 4.98 Å². The second-order valence-electron chi connectivity index (χ2n) is 3.73. The van der Waals surface area contributed by atoms with Crippen molar-refractivity contribution in [2.24, 2.45) is 5.73 Å². The molecular formula is C12H19N3O2S. The molecule has 0 saturated heterocycles. The van der Waals surface area contributed by atoms with E-state index in [9.17, 15) is 0 Å². The highest BCUT2D eigenvalue weighted by Gasteiger charge is 2.12. The van der Waals surface area contributed by atoms with Crippen molar-refractivity contribution >= 4 is 22.9 Å². The lowest BCUT2D eigenvalue weighted by Gasteiger charge is -2.25. The number of hydrogen-bond acceptors (Lipinski definition) is 5. The minimum absolute atomic E-state index is 0.368. The Bertz CT molecular complexity index is 379. The Labute approximate surface area is 113 Å². The van der Waals surface area contributed by atoms with E-state index in [0.717, 1.165) is 24.3 Å². The molecule has 1 heterocycles. The summed E-state index contributed by atoms with van der Waals surface area (Å²) < 4.78 is 10.2. The molecule has 0 fully saturated rings. The van der Waals surface area contributed by atoms with Gasteiger partial charge in [-0.2, -0.15) is 0 Å². The third-order valence-corrected chi connectivity index (χ3v) is 2.76. The van der Waals surface area contributed by atoms with Crippen molar-refractivity contribution in [3.8, 4) is 0 Å². The van der Waals surface area contributed by atoms with Crippen molar-refractivity contribution in [1.82, 2.24) is 4.98 Å². The third kappa shape index (κ3) is 4.21. The number of nitrogens with zero attached hydrogens (tertiary/aromatic N) is 2. The molecule has 0 aliphatic heterocycles. The van der Waals surface area contributed by atoms with Crippen molar-refractivity contribution < 1.29 is 9.47 Å². The second-order valence-corrected chi connectivity index (χ2v) is 4.17. The molecule has 0 aliphatic carbocycles. The first-order valence-electron chi connectivity index (χ1n) is 5.67. The van der Waals surface area contributed by atoms with E-state index in [2.05, 4.69) is 9.88 Å². The van der Waals surface area contributed by atoms with Crippen LogP contribution in [0.15, 0.2) is 18.5 Å². The Kier molecular flexibility index (Phi) is 6.56. The van der Waals surface area contributed by atoms with Gasteiger partial charge in [0.15, 0.2) is 0 Å². The van der Waals surface area contributed by atoms with Gasteiger partial charge in [-0.05, 0) is 6.07 Å². The van der Waals surface area contributed by atoms with Crippen LogP contribution in [0.3, 0.4) is 0 Å². The van der Waals surface area contributed by atoms with E-state index in [1.54, 1.807) is 26.6 Å². The highest BCUT2D eigenvalue weighted by molar-refractivity contribution is 7.80. The van der Waals surface area contributed by atoms with Crippen LogP contribution < -0.4 is 10.6 Å². The van der Waals surface area contributed by atoms with Crippen molar-refractivity contribution in [1.29, 1.82) is 0 Å². The number of aromatic nitrogens is 1. The number of thiocarbonyl (C=S) groups is 1. The van der Waals surface area contributed by atoms with Crippen LogP contribution in [0.5, 0.6) is 0 Å². The van der Waals surface area contributed by atoms with Gasteiger partial charge in [0, 0.05) is 39.1 Å². The Morgan fingerprint density at radius 1 is 1.33 bits per heavy atom. The van der Waals surface area contributed by atoms with Gasteiger partial charge in [-0.1, -0.05) is 12.2 Å². The van der Waals surface area contributed by atoms with Crippen molar-refractivity contribution in [2.45, 2.75) is 0 Å². The first-order chi connectivity index (χ1) is 8.70. The fourth-order valence-electron chi connectivity index (χ4n) is 1.60. The van der Waals surface area contributed by atoms with E-state index < -0.39 is 0 Å². The second kappa shape index (κ2) is 7.97. The van der Waals surface area contributed by atoms with Gasteiger partial charge in [0.2, 0.25) is 0 Å². The highest BCUT2D eigenvalue weighted by Crippen LogP contribution is 2.18. The summed E-state index contributed by atoms with van der Waals surface area (Å²) in [6.45, 7) is 2.72. The summed E-state index contributed by atoms with van der Waals surface area (Å²) in [4.78, 5) is 6.60. The molecule has 6 heteroatoms. The smallest absolute Gasteiger partial charge is 0.106 e. The molecule has 0 saturated carbocycles. The van der Waals surface area contributed by atoms with Gasteiger partial charge < -0.3 is 20.1 Å². The monoisotopic (exact) mass is 269 g/mol. The molecule has 18 heavy (non-hydrogen) atoms. The molecule has 0 spiro atoms. The quantitative estimate of drug-likeness (QED) is 0.705. The Hall–Kier alpha value is -1.24. The Balaban J connectivity index is 2.92. The Morgan fingerprint density at radius 3 is 2.44 bits per heavy atom. The molecule has 0 amide bonds. The molecular weight excluding hydrogens is 250 g/mol. The summed E-state index contributed by atoms with van der Waals surface area (Å²) in [5.41, 5.74) is 7.47. The SMILES string of the molecule is COCCN(CCOC)c1cnccc1C(N)=S. The molecule has 1 aromatic heterocycles. The molecule has 5 nitrogen and oxygen atoms in total. The predicted octanol–water partition coefficient (Wildman–Crippen LogP) is 0.815. The molecule has 0 bridgehead atoms. The van der Waals surface area contributed by atoms with Crippen LogP contribution in [0.1, 0.15) is 5.56 Å². The van der Waals surface area contributed by atoms with Crippen LogP contribution in [-0.2, 0) is 9.47 Å². The van der Waals surface area contributed by atoms with Crippen molar-refractivity contribution in [3.63, 3.8) is 0 Å². The topological polar surface area (TPSA) is 60.6 Å². The number of anilines is 1. The summed E-state index contributed by atoms with van der Waals surface area (Å²) >= 11 is 5.05. The number of ether oxygens (including phenoxy) is 2. The van der Waals surface area contributed by atoms with E-state index in [4.69, 9.17) is 27.4 Å². The maximum atomic E-state index is 5.72. The summed E-state index contributed by atoms with van der Waals surface area (Å²) in [5.74, 6) is 0. The first-order valence-corrected chi connectivity index (χ1v) is 6.08. The van der Waals surface area contributed by atoms with Gasteiger partial charge in [0.1, 0.15) is 4.99 Å². The maximum absolute atomic E-state index is 5.72. The molecule has 0 radical (unpaired) electrons. The number of methoxy groups -OCH3 is 2. The molecule has 2 N–H and O–H groups in total. The summed E-state index contributed by atoms with van der Waals surface area (Å²) in [7, 11) is 3.35. The predicted molar refractivity (Wildman–Crippen MR) is 76.1 cm³/mol.